The molecule has 2 heterocycles. The maximum Gasteiger partial charge on any atom is 0.242 e. The summed E-state index contributed by atoms with van der Waals surface area (Å²) in [4.78, 5) is 21.0. The number of aryl methyl sites for hydroxylation is 2. The van der Waals surface area contributed by atoms with Crippen LogP contribution in [0.5, 0.6) is 11.5 Å². The van der Waals surface area contributed by atoms with E-state index in [0.29, 0.717) is 43.1 Å². The number of anilines is 1. The number of amides is 1. The Morgan fingerprint density at radius 1 is 1.16 bits per heavy atom. The monoisotopic (exact) mass is 429 g/mol. The standard InChI is InChI=1S/C22H31N5O4/c1-14-15(2)31-20(25-14)13-24-21(23-12-19(28)27-22(3,4)5)26-16-7-8-17-18(11-16)30-10-6-9-29-17/h7-8,11H,6,9-10,12-13H2,1-5H3,(H,27,28)(H2,23,24,26). The topological polar surface area (TPSA) is 110 Å². The van der Waals surface area contributed by atoms with Crippen LogP contribution in [0.4, 0.5) is 5.69 Å². The minimum Gasteiger partial charge on any atom is -0.490 e. The summed E-state index contributed by atoms with van der Waals surface area (Å²) in [6.07, 6.45) is 0.837. The zero-order valence-electron chi connectivity index (χ0n) is 18.8. The van der Waals surface area contributed by atoms with E-state index in [-0.39, 0.29) is 18.0 Å². The van der Waals surface area contributed by atoms with Crippen LogP contribution < -0.4 is 25.4 Å². The van der Waals surface area contributed by atoms with Gasteiger partial charge in [0.05, 0.1) is 25.5 Å². The van der Waals surface area contributed by atoms with Crippen molar-refractivity contribution in [2.24, 2.45) is 4.99 Å². The lowest BCUT2D eigenvalue weighted by molar-refractivity contribution is -0.121. The third-order valence-electron chi connectivity index (χ3n) is 4.39. The van der Waals surface area contributed by atoms with E-state index in [1.54, 1.807) is 0 Å². The molecule has 1 aromatic carbocycles. The van der Waals surface area contributed by atoms with Gasteiger partial charge in [-0.15, -0.1) is 0 Å². The summed E-state index contributed by atoms with van der Waals surface area (Å²) in [7, 11) is 0. The third kappa shape index (κ3) is 6.91. The number of rotatable bonds is 5. The number of guanidine groups is 1. The molecule has 9 heteroatoms. The molecule has 0 spiro atoms. The molecule has 2 aromatic rings. The predicted molar refractivity (Wildman–Crippen MR) is 119 cm³/mol. The molecule has 0 unspecified atom stereocenters. The highest BCUT2D eigenvalue weighted by Gasteiger charge is 2.15. The van der Waals surface area contributed by atoms with Gasteiger partial charge < -0.3 is 29.8 Å². The Morgan fingerprint density at radius 2 is 1.90 bits per heavy atom. The highest BCUT2D eigenvalue weighted by Crippen LogP contribution is 2.32. The van der Waals surface area contributed by atoms with Crippen molar-refractivity contribution in [3.8, 4) is 11.5 Å². The van der Waals surface area contributed by atoms with Crippen LogP contribution in [0.2, 0.25) is 0 Å². The fourth-order valence-electron chi connectivity index (χ4n) is 2.90. The number of aliphatic imine (C=N–C) groups is 1. The lowest BCUT2D eigenvalue weighted by Crippen LogP contribution is -2.42. The molecule has 1 aliphatic heterocycles. The van der Waals surface area contributed by atoms with Gasteiger partial charge in [0.15, 0.2) is 17.5 Å². The van der Waals surface area contributed by atoms with E-state index in [0.717, 1.165) is 23.6 Å². The zero-order valence-corrected chi connectivity index (χ0v) is 18.8. The third-order valence-corrected chi connectivity index (χ3v) is 4.39. The van der Waals surface area contributed by atoms with Gasteiger partial charge in [-0.2, -0.15) is 0 Å². The number of hydrogen-bond acceptors (Lipinski definition) is 6. The molecule has 0 bridgehead atoms. The molecule has 0 fully saturated rings. The van der Waals surface area contributed by atoms with E-state index in [9.17, 15) is 4.79 Å². The van der Waals surface area contributed by atoms with Gasteiger partial charge in [-0.1, -0.05) is 0 Å². The number of nitrogens with zero attached hydrogens (tertiary/aromatic N) is 2. The molecule has 3 rings (SSSR count). The van der Waals surface area contributed by atoms with Crippen LogP contribution in [-0.4, -0.2) is 42.1 Å². The summed E-state index contributed by atoms with van der Waals surface area (Å²) < 4.78 is 17.1. The molecular weight excluding hydrogens is 398 g/mol. The quantitative estimate of drug-likeness (QED) is 0.495. The molecule has 0 radical (unpaired) electrons. The highest BCUT2D eigenvalue weighted by molar-refractivity contribution is 5.95. The second-order valence-electron chi connectivity index (χ2n) is 8.40. The van der Waals surface area contributed by atoms with Crippen molar-refractivity contribution in [3.05, 3.63) is 35.5 Å². The zero-order chi connectivity index (χ0) is 22.4. The van der Waals surface area contributed by atoms with Crippen molar-refractivity contribution < 1.29 is 18.7 Å². The second kappa shape index (κ2) is 9.72. The molecule has 0 saturated heterocycles. The van der Waals surface area contributed by atoms with Crippen LogP contribution in [0.1, 0.15) is 44.5 Å². The van der Waals surface area contributed by atoms with Gasteiger partial charge in [-0.05, 0) is 46.8 Å². The van der Waals surface area contributed by atoms with E-state index < -0.39 is 0 Å². The van der Waals surface area contributed by atoms with E-state index in [4.69, 9.17) is 13.9 Å². The van der Waals surface area contributed by atoms with Crippen molar-refractivity contribution in [1.29, 1.82) is 0 Å². The SMILES string of the molecule is Cc1nc(CNC(=NCC(=O)NC(C)(C)C)Nc2ccc3c(c2)OCCCO3)oc1C. The molecule has 31 heavy (non-hydrogen) atoms. The summed E-state index contributed by atoms with van der Waals surface area (Å²) in [6.45, 7) is 11.1. The Hall–Kier alpha value is -3.23. The number of carbonyl (C=O) groups excluding carboxylic acids is 1. The molecule has 1 aliphatic rings. The van der Waals surface area contributed by atoms with Gasteiger partial charge in [0.2, 0.25) is 11.8 Å². The number of hydrogen-bond donors (Lipinski definition) is 3. The van der Waals surface area contributed by atoms with Gasteiger partial charge in [0.1, 0.15) is 12.3 Å². The average molecular weight is 430 g/mol. The van der Waals surface area contributed by atoms with Gasteiger partial charge >= 0.3 is 0 Å². The smallest absolute Gasteiger partial charge is 0.242 e. The van der Waals surface area contributed by atoms with Crippen LogP contribution >= 0.6 is 0 Å². The molecule has 9 nitrogen and oxygen atoms in total. The average Bonchev–Trinajstić information content (AvgIpc) is 2.88. The van der Waals surface area contributed by atoms with E-state index in [2.05, 4.69) is 25.9 Å². The highest BCUT2D eigenvalue weighted by atomic mass is 16.5. The number of benzene rings is 1. The summed E-state index contributed by atoms with van der Waals surface area (Å²) in [5.74, 6) is 2.95. The molecule has 0 saturated carbocycles. The molecular formula is C22H31N5O4. The van der Waals surface area contributed by atoms with Gasteiger partial charge in [0.25, 0.3) is 0 Å². The molecule has 3 N–H and O–H groups in total. The fraction of sp³-hybridized carbons (Fsp3) is 0.500. The molecule has 0 atom stereocenters. The van der Waals surface area contributed by atoms with Crippen LogP contribution in [0.3, 0.4) is 0 Å². The Balaban J connectivity index is 1.73. The number of aromatic nitrogens is 1. The lowest BCUT2D eigenvalue weighted by atomic mass is 10.1. The fourth-order valence-corrected chi connectivity index (χ4v) is 2.90. The largest absolute Gasteiger partial charge is 0.490 e. The van der Waals surface area contributed by atoms with Crippen LogP contribution in [0.25, 0.3) is 0 Å². The van der Waals surface area contributed by atoms with E-state index in [1.807, 2.05) is 52.8 Å². The van der Waals surface area contributed by atoms with Gasteiger partial charge in [0, 0.05) is 23.7 Å². The summed E-state index contributed by atoms with van der Waals surface area (Å²) in [5, 5.41) is 9.28. The molecule has 1 aromatic heterocycles. The van der Waals surface area contributed by atoms with Crippen molar-refractivity contribution >= 4 is 17.6 Å². The predicted octanol–water partition coefficient (Wildman–Crippen LogP) is 2.93. The van der Waals surface area contributed by atoms with Crippen molar-refractivity contribution in [2.75, 3.05) is 25.1 Å². The number of carbonyl (C=O) groups is 1. The van der Waals surface area contributed by atoms with E-state index in [1.165, 1.54) is 0 Å². The molecule has 168 valence electrons. The minimum absolute atomic E-state index is 0.0270. The van der Waals surface area contributed by atoms with Gasteiger partial charge in [-0.25, -0.2) is 9.98 Å². The lowest BCUT2D eigenvalue weighted by Gasteiger charge is -2.20. The second-order valence-corrected chi connectivity index (χ2v) is 8.40. The van der Waals surface area contributed by atoms with Crippen molar-refractivity contribution in [1.82, 2.24) is 15.6 Å². The Bertz CT molecular complexity index is 926. The maximum atomic E-state index is 12.2. The number of fused-ring (bicyclic) bond motifs is 1. The minimum atomic E-state index is -0.324. The van der Waals surface area contributed by atoms with Crippen LogP contribution in [0.15, 0.2) is 27.6 Å². The van der Waals surface area contributed by atoms with Gasteiger partial charge in [-0.3, -0.25) is 4.79 Å². The molecule has 0 aliphatic carbocycles. The molecule has 1 amide bonds. The Morgan fingerprint density at radius 3 is 2.58 bits per heavy atom. The summed E-state index contributed by atoms with van der Waals surface area (Å²) in [6, 6.07) is 5.58. The maximum absolute atomic E-state index is 12.2. The normalized spacial score (nSPS) is 14.0. The Kier molecular flexibility index (Phi) is 7.04. The first-order chi connectivity index (χ1) is 14.7. The van der Waals surface area contributed by atoms with Crippen molar-refractivity contribution in [2.45, 2.75) is 53.1 Å². The summed E-state index contributed by atoms with van der Waals surface area (Å²) >= 11 is 0. The first-order valence-corrected chi connectivity index (χ1v) is 10.4. The first kappa shape index (κ1) is 22.5. The number of nitrogens with one attached hydrogen (secondary N) is 3. The van der Waals surface area contributed by atoms with Crippen LogP contribution in [0, 0.1) is 13.8 Å². The number of oxazole rings is 1. The van der Waals surface area contributed by atoms with E-state index >= 15 is 0 Å². The van der Waals surface area contributed by atoms with Crippen LogP contribution in [-0.2, 0) is 11.3 Å². The first-order valence-electron chi connectivity index (χ1n) is 10.4. The number of ether oxygens (including phenoxy) is 2. The summed E-state index contributed by atoms with van der Waals surface area (Å²) in [5.41, 5.74) is 1.27. The Labute approximate surface area is 182 Å². The van der Waals surface area contributed by atoms with Crippen molar-refractivity contribution in [3.63, 3.8) is 0 Å².